The Morgan fingerprint density at radius 1 is 1.30 bits per heavy atom. The molecule has 0 bridgehead atoms. The molecule has 0 aromatic heterocycles. The summed E-state index contributed by atoms with van der Waals surface area (Å²) in [5, 5.41) is 0. The van der Waals surface area contributed by atoms with Gasteiger partial charge in [0.2, 0.25) is 0 Å². The van der Waals surface area contributed by atoms with Gasteiger partial charge in [0.1, 0.15) is 8.07 Å². The van der Waals surface area contributed by atoms with Gasteiger partial charge in [-0.05, 0) is 60.4 Å². The fourth-order valence-corrected chi connectivity index (χ4v) is 4.20. The summed E-state index contributed by atoms with van der Waals surface area (Å²) in [4.78, 5) is 15.0. The molecule has 1 aliphatic heterocycles. The highest BCUT2D eigenvalue weighted by molar-refractivity contribution is 14.1. The first-order valence-electron chi connectivity index (χ1n) is 8.44. The Labute approximate surface area is 155 Å². The first kappa shape index (κ1) is 18.5. The number of carbonyl (C=O) groups is 1. The van der Waals surface area contributed by atoms with Crippen LogP contribution in [-0.2, 0) is 0 Å². The van der Waals surface area contributed by atoms with Crippen molar-refractivity contribution >= 4 is 36.6 Å². The lowest BCUT2D eigenvalue weighted by Crippen LogP contribution is -2.43. The molecule has 2 rings (SSSR count). The van der Waals surface area contributed by atoms with Gasteiger partial charge in [-0.25, -0.2) is 0 Å². The summed E-state index contributed by atoms with van der Waals surface area (Å²) in [6, 6.07) is 8.24. The monoisotopic (exact) mass is 439 g/mol. The van der Waals surface area contributed by atoms with Gasteiger partial charge in [-0.3, -0.25) is 4.79 Å². The number of hydrogen-bond donors (Lipinski definition) is 0. The van der Waals surface area contributed by atoms with Crippen molar-refractivity contribution in [3.05, 3.63) is 33.4 Å². The summed E-state index contributed by atoms with van der Waals surface area (Å²) < 4.78 is 1.04. The zero-order valence-corrected chi connectivity index (χ0v) is 17.5. The molecule has 2 nitrogen and oxygen atoms in total. The summed E-state index contributed by atoms with van der Waals surface area (Å²) in [6.45, 7) is 7.70. The van der Waals surface area contributed by atoms with Crippen LogP contribution in [0.25, 0.3) is 0 Å². The molecule has 0 spiro atoms. The van der Waals surface area contributed by atoms with E-state index in [1.807, 2.05) is 24.3 Å². The highest BCUT2D eigenvalue weighted by atomic mass is 127. The van der Waals surface area contributed by atoms with E-state index < -0.39 is 8.07 Å². The van der Waals surface area contributed by atoms with Gasteiger partial charge in [0.25, 0.3) is 5.91 Å². The van der Waals surface area contributed by atoms with Crippen molar-refractivity contribution in [3.63, 3.8) is 0 Å². The van der Waals surface area contributed by atoms with E-state index in [0.717, 1.165) is 41.4 Å². The van der Waals surface area contributed by atoms with Crippen molar-refractivity contribution < 1.29 is 4.79 Å². The number of carbonyl (C=O) groups excluding carboxylic acids is 1. The third kappa shape index (κ3) is 5.65. The van der Waals surface area contributed by atoms with Crippen LogP contribution in [0.1, 0.15) is 42.5 Å². The smallest absolute Gasteiger partial charge is 0.255 e. The number of nitrogens with zero attached hydrogens (tertiary/aromatic N) is 1. The van der Waals surface area contributed by atoms with E-state index in [2.05, 4.69) is 58.6 Å². The maximum atomic E-state index is 12.9. The predicted octanol–water partition coefficient (Wildman–Crippen LogP) is 4.95. The molecular formula is C19H26INOSi. The third-order valence-corrected chi connectivity index (χ3v) is 5.93. The zero-order chi connectivity index (χ0) is 16.9. The minimum Gasteiger partial charge on any atom is -0.336 e. The maximum Gasteiger partial charge on any atom is 0.255 e. The van der Waals surface area contributed by atoms with Gasteiger partial charge in [-0.1, -0.05) is 31.8 Å². The van der Waals surface area contributed by atoms with Crippen molar-refractivity contribution in [2.45, 2.75) is 57.8 Å². The van der Waals surface area contributed by atoms with Gasteiger partial charge >= 0.3 is 0 Å². The summed E-state index contributed by atoms with van der Waals surface area (Å²) in [5.41, 5.74) is 4.27. The Balaban J connectivity index is 2.05. The van der Waals surface area contributed by atoms with Crippen LogP contribution in [0.4, 0.5) is 0 Å². The summed E-state index contributed by atoms with van der Waals surface area (Å²) in [5.74, 6) is 3.55. The van der Waals surface area contributed by atoms with Gasteiger partial charge in [0, 0.05) is 22.6 Å². The van der Waals surface area contributed by atoms with Crippen LogP contribution in [0, 0.1) is 15.0 Å². The Morgan fingerprint density at radius 3 is 2.74 bits per heavy atom. The molecule has 1 atom stereocenters. The standard InChI is InChI=1S/C19H26INOSi/c1-23(2,3)15-9-7-11-16-10-6-8-14-21(16)19(22)17-12-4-5-13-18(17)20/h4-5,12-13,16H,6-8,10-11,14H2,1-3H3. The van der Waals surface area contributed by atoms with Gasteiger partial charge in [-0.15, -0.1) is 11.5 Å². The average Bonchev–Trinajstić information content (AvgIpc) is 2.51. The molecule has 124 valence electrons. The van der Waals surface area contributed by atoms with E-state index in [0.29, 0.717) is 6.04 Å². The van der Waals surface area contributed by atoms with E-state index in [1.54, 1.807) is 0 Å². The molecule has 1 fully saturated rings. The summed E-state index contributed by atoms with van der Waals surface area (Å²) >= 11 is 2.26. The molecule has 1 saturated heterocycles. The number of rotatable bonds is 3. The molecule has 1 unspecified atom stereocenters. The van der Waals surface area contributed by atoms with Crippen LogP contribution in [-0.4, -0.2) is 31.5 Å². The van der Waals surface area contributed by atoms with Gasteiger partial charge in [0.05, 0.1) is 5.56 Å². The van der Waals surface area contributed by atoms with Gasteiger partial charge in [-0.2, -0.15) is 0 Å². The number of hydrogen-bond acceptors (Lipinski definition) is 1. The number of likely N-dealkylation sites (tertiary alicyclic amines) is 1. The van der Waals surface area contributed by atoms with Crippen molar-refractivity contribution in [1.29, 1.82) is 0 Å². The molecule has 23 heavy (non-hydrogen) atoms. The average molecular weight is 439 g/mol. The lowest BCUT2D eigenvalue weighted by molar-refractivity contribution is 0.0602. The summed E-state index contributed by atoms with van der Waals surface area (Å²) in [7, 11) is -1.29. The summed E-state index contributed by atoms with van der Waals surface area (Å²) in [6.07, 6.45) is 5.37. The number of benzene rings is 1. The second-order valence-corrected chi connectivity index (χ2v) is 13.1. The Hall–Kier alpha value is -0.803. The number of amides is 1. The highest BCUT2D eigenvalue weighted by Crippen LogP contribution is 2.24. The number of halogens is 1. The SMILES string of the molecule is C[Si](C)(C)C#CCCC1CCCCN1C(=O)c1ccccc1I. The lowest BCUT2D eigenvalue weighted by Gasteiger charge is -2.36. The minimum atomic E-state index is -1.29. The van der Waals surface area contributed by atoms with Crippen molar-refractivity contribution in [2.24, 2.45) is 0 Å². The lowest BCUT2D eigenvalue weighted by atomic mass is 9.97. The van der Waals surface area contributed by atoms with Crippen LogP contribution in [0.15, 0.2) is 24.3 Å². The molecule has 0 radical (unpaired) electrons. The molecule has 1 amide bonds. The molecule has 0 aliphatic carbocycles. The van der Waals surface area contributed by atoms with Crippen molar-refractivity contribution in [3.8, 4) is 11.5 Å². The minimum absolute atomic E-state index is 0.192. The molecule has 0 saturated carbocycles. The van der Waals surface area contributed by atoms with Crippen LogP contribution in [0.2, 0.25) is 19.6 Å². The van der Waals surface area contributed by atoms with E-state index >= 15 is 0 Å². The number of piperidine rings is 1. The quantitative estimate of drug-likeness (QED) is 0.371. The van der Waals surface area contributed by atoms with Crippen molar-refractivity contribution in [2.75, 3.05) is 6.54 Å². The molecule has 1 heterocycles. The van der Waals surface area contributed by atoms with E-state index in [1.165, 1.54) is 6.42 Å². The molecule has 1 aliphatic rings. The van der Waals surface area contributed by atoms with Crippen LogP contribution in [0.3, 0.4) is 0 Å². The molecule has 1 aromatic rings. The highest BCUT2D eigenvalue weighted by Gasteiger charge is 2.27. The van der Waals surface area contributed by atoms with Crippen LogP contribution < -0.4 is 0 Å². The second kappa shape index (κ2) is 8.34. The molecule has 0 N–H and O–H groups in total. The molecule has 4 heteroatoms. The topological polar surface area (TPSA) is 20.3 Å². The first-order valence-corrected chi connectivity index (χ1v) is 13.0. The predicted molar refractivity (Wildman–Crippen MR) is 108 cm³/mol. The fraction of sp³-hybridized carbons (Fsp3) is 0.526. The molecule has 1 aromatic carbocycles. The largest absolute Gasteiger partial charge is 0.336 e. The normalized spacial score (nSPS) is 18.3. The Kier molecular flexibility index (Phi) is 6.72. The van der Waals surface area contributed by atoms with Crippen molar-refractivity contribution in [1.82, 2.24) is 4.90 Å². The first-order chi connectivity index (χ1) is 10.9. The van der Waals surface area contributed by atoms with E-state index in [9.17, 15) is 4.79 Å². The van der Waals surface area contributed by atoms with Gasteiger partial charge in [0.15, 0.2) is 0 Å². The zero-order valence-electron chi connectivity index (χ0n) is 14.4. The maximum absolute atomic E-state index is 12.9. The third-order valence-electron chi connectivity index (χ3n) is 4.06. The Bertz CT molecular complexity index is 612. The van der Waals surface area contributed by atoms with Crippen LogP contribution in [0.5, 0.6) is 0 Å². The van der Waals surface area contributed by atoms with E-state index in [-0.39, 0.29) is 5.91 Å². The van der Waals surface area contributed by atoms with E-state index in [4.69, 9.17) is 0 Å². The fourth-order valence-electron chi connectivity index (χ4n) is 2.92. The second-order valence-electron chi connectivity index (χ2n) is 7.22. The molecular weight excluding hydrogens is 413 g/mol. The van der Waals surface area contributed by atoms with Gasteiger partial charge < -0.3 is 4.90 Å². The Morgan fingerprint density at radius 2 is 2.04 bits per heavy atom. The van der Waals surface area contributed by atoms with Crippen LogP contribution >= 0.6 is 22.6 Å².